The molecule has 0 radical (unpaired) electrons. The maximum absolute atomic E-state index is 13.0. The second-order valence-electron chi connectivity index (χ2n) is 3.53. The van der Waals surface area contributed by atoms with Crippen molar-refractivity contribution in [3.8, 4) is 11.4 Å². The number of aromatic nitrogens is 2. The molecule has 0 fully saturated rings. The molecule has 0 saturated heterocycles. The lowest BCUT2D eigenvalue weighted by Gasteiger charge is -2.08. The van der Waals surface area contributed by atoms with Crippen LogP contribution in [0.15, 0.2) is 23.0 Å². The Morgan fingerprint density at radius 2 is 2.32 bits per heavy atom. The standard InChI is InChI=1S/C12H10F2N2O2S/c1-2-18-12(17)8-5-15-11(7-3-4-19-6-7)16-9(8)10(13)14/h3-6,10H,2H2,1H3. The van der Waals surface area contributed by atoms with Crippen LogP contribution in [0.2, 0.25) is 0 Å². The monoisotopic (exact) mass is 284 g/mol. The molecule has 2 aromatic rings. The summed E-state index contributed by atoms with van der Waals surface area (Å²) in [6, 6.07) is 1.72. The highest BCUT2D eigenvalue weighted by atomic mass is 32.1. The molecule has 2 rings (SSSR count). The van der Waals surface area contributed by atoms with Gasteiger partial charge < -0.3 is 4.74 Å². The Kier molecular flexibility index (Phi) is 4.16. The summed E-state index contributed by atoms with van der Waals surface area (Å²) in [7, 11) is 0. The Bertz CT molecular complexity index is 573. The van der Waals surface area contributed by atoms with Crippen LogP contribution in [0.1, 0.15) is 29.4 Å². The number of nitrogens with zero attached hydrogens (tertiary/aromatic N) is 2. The molecule has 0 aliphatic heterocycles. The molecule has 0 aliphatic carbocycles. The number of carbonyl (C=O) groups is 1. The maximum atomic E-state index is 13.0. The molecule has 4 nitrogen and oxygen atoms in total. The number of esters is 1. The zero-order valence-electron chi connectivity index (χ0n) is 9.97. The van der Waals surface area contributed by atoms with E-state index in [1.165, 1.54) is 11.3 Å². The van der Waals surface area contributed by atoms with Crippen LogP contribution in [0.3, 0.4) is 0 Å². The molecule has 0 atom stereocenters. The lowest BCUT2D eigenvalue weighted by molar-refractivity contribution is 0.0513. The van der Waals surface area contributed by atoms with Crippen molar-refractivity contribution in [3.05, 3.63) is 34.3 Å². The topological polar surface area (TPSA) is 52.1 Å². The van der Waals surface area contributed by atoms with E-state index in [0.717, 1.165) is 6.20 Å². The molecule has 0 N–H and O–H groups in total. The lowest BCUT2D eigenvalue weighted by atomic mass is 10.2. The van der Waals surface area contributed by atoms with Gasteiger partial charge in [-0.3, -0.25) is 0 Å². The number of thiophene rings is 1. The highest BCUT2D eigenvalue weighted by Crippen LogP contribution is 2.25. The highest BCUT2D eigenvalue weighted by Gasteiger charge is 2.22. The molecule has 0 aromatic carbocycles. The first kappa shape index (κ1) is 13.5. The summed E-state index contributed by atoms with van der Waals surface area (Å²) in [4.78, 5) is 19.2. The molecule has 7 heteroatoms. The summed E-state index contributed by atoms with van der Waals surface area (Å²) in [6.07, 6.45) is -1.78. The molecule has 2 heterocycles. The van der Waals surface area contributed by atoms with Gasteiger partial charge in [0, 0.05) is 17.1 Å². The summed E-state index contributed by atoms with van der Waals surface area (Å²) in [5, 5.41) is 3.54. The summed E-state index contributed by atoms with van der Waals surface area (Å²) in [5.74, 6) is -0.667. The Balaban J connectivity index is 2.44. The molecule has 0 aliphatic rings. The SMILES string of the molecule is CCOC(=O)c1cnc(-c2ccsc2)nc1C(F)F. The number of ether oxygens (including phenoxy) is 1. The minimum absolute atomic E-state index is 0.105. The van der Waals surface area contributed by atoms with Crippen LogP contribution >= 0.6 is 11.3 Å². The number of carbonyl (C=O) groups excluding carboxylic acids is 1. The second kappa shape index (κ2) is 5.83. The smallest absolute Gasteiger partial charge is 0.341 e. The van der Waals surface area contributed by atoms with Gasteiger partial charge in [0.2, 0.25) is 0 Å². The van der Waals surface area contributed by atoms with Crippen LogP contribution in [-0.2, 0) is 4.74 Å². The minimum Gasteiger partial charge on any atom is -0.462 e. The van der Waals surface area contributed by atoms with Crippen molar-refractivity contribution < 1.29 is 18.3 Å². The van der Waals surface area contributed by atoms with E-state index in [2.05, 4.69) is 9.97 Å². The Labute approximate surface area is 112 Å². The quantitative estimate of drug-likeness (QED) is 0.808. The Hall–Kier alpha value is -1.89. The van der Waals surface area contributed by atoms with Gasteiger partial charge in [-0.05, 0) is 18.4 Å². The van der Waals surface area contributed by atoms with E-state index >= 15 is 0 Å². The van der Waals surface area contributed by atoms with Crippen molar-refractivity contribution in [1.82, 2.24) is 9.97 Å². The van der Waals surface area contributed by atoms with Crippen molar-refractivity contribution >= 4 is 17.3 Å². The van der Waals surface area contributed by atoms with E-state index < -0.39 is 18.1 Å². The first-order valence-corrected chi connectivity index (χ1v) is 6.42. The Morgan fingerprint density at radius 3 is 2.89 bits per heavy atom. The van der Waals surface area contributed by atoms with Gasteiger partial charge in [-0.25, -0.2) is 23.5 Å². The minimum atomic E-state index is -2.86. The number of hydrogen-bond acceptors (Lipinski definition) is 5. The summed E-state index contributed by atoms with van der Waals surface area (Å²) >= 11 is 1.41. The van der Waals surface area contributed by atoms with Crippen LogP contribution < -0.4 is 0 Å². The maximum Gasteiger partial charge on any atom is 0.341 e. The van der Waals surface area contributed by atoms with Crippen LogP contribution in [-0.4, -0.2) is 22.5 Å². The van der Waals surface area contributed by atoms with E-state index in [4.69, 9.17) is 4.74 Å². The first-order chi connectivity index (χ1) is 9.13. The predicted octanol–water partition coefficient (Wildman–Crippen LogP) is 3.32. The van der Waals surface area contributed by atoms with Crippen LogP contribution in [0, 0.1) is 0 Å². The summed E-state index contributed by atoms with van der Waals surface area (Å²) < 4.78 is 30.6. The number of alkyl halides is 2. The van der Waals surface area contributed by atoms with Gasteiger partial charge in [0.05, 0.1) is 6.61 Å². The van der Waals surface area contributed by atoms with Gasteiger partial charge in [0.1, 0.15) is 11.3 Å². The molecule has 0 bridgehead atoms. The fraction of sp³-hybridized carbons (Fsp3) is 0.250. The van der Waals surface area contributed by atoms with Crippen molar-refractivity contribution in [3.63, 3.8) is 0 Å². The number of halogens is 2. The number of hydrogen-bond donors (Lipinski definition) is 0. The van der Waals surface area contributed by atoms with Gasteiger partial charge >= 0.3 is 5.97 Å². The first-order valence-electron chi connectivity index (χ1n) is 5.48. The molecule has 0 spiro atoms. The molecule has 0 saturated carbocycles. The zero-order chi connectivity index (χ0) is 13.8. The Morgan fingerprint density at radius 1 is 1.53 bits per heavy atom. The average molecular weight is 284 g/mol. The fourth-order valence-electron chi connectivity index (χ4n) is 1.46. The van der Waals surface area contributed by atoms with Gasteiger partial charge in [-0.15, -0.1) is 0 Å². The highest BCUT2D eigenvalue weighted by molar-refractivity contribution is 7.08. The van der Waals surface area contributed by atoms with Crippen LogP contribution in [0.5, 0.6) is 0 Å². The van der Waals surface area contributed by atoms with E-state index in [0.29, 0.717) is 5.56 Å². The third-order valence-corrected chi connectivity index (χ3v) is 2.98. The summed E-state index contributed by atoms with van der Waals surface area (Å²) in [5.41, 5.74) is -0.257. The van der Waals surface area contributed by atoms with Crippen molar-refractivity contribution in [2.45, 2.75) is 13.3 Å². The third kappa shape index (κ3) is 2.93. The zero-order valence-corrected chi connectivity index (χ0v) is 10.8. The third-order valence-electron chi connectivity index (χ3n) is 2.30. The average Bonchev–Trinajstić information content (AvgIpc) is 2.92. The van der Waals surface area contributed by atoms with Gasteiger partial charge in [0.15, 0.2) is 5.82 Å². The number of rotatable bonds is 4. The fourth-order valence-corrected chi connectivity index (χ4v) is 2.09. The van der Waals surface area contributed by atoms with Crippen molar-refractivity contribution in [1.29, 1.82) is 0 Å². The molecule has 2 aromatic heterocycles. The molecular formula is C12H10F2N2O2S. The van der Waals surface area contributed by atoms with E-state index in [1.807, 2.05) is 0 Å². The summed E-state index contributed by atoms with van der Waals surface area (Å²) in [6.45, 7) is 1.70. The van der Waals surface area contributed by atoms with E-state index in [1.54, 1.807) is 23.8 Å². The largest absolute Gasteiger partial charge is 0.462 e. The second-order valence-corrected chi connectivity index (χ2v) is 4.31. The van der Waals surface area contributed by atoms with E-state index in [9.17, 15) is 13.6 Å². The van der Waals surface area contributed by atoms with Crippen molar-refractivity contribution in [2.24, 2.45) is 0 Å². The van der Waals surface area contributed by atoms with Gasteiger partial charge in [0.25, 0.3) is 6.43 Å². The van der Waals surface area contributed by atoms with Crippen molar-refractivity contribution in [2.75, 3.05) is 6.61 Å². The van der Waals surface area contributed by atoms with Gasteiger partial charge in [-0.1, -0.05) is 0 Å². The normalized spacial score (nSPS) is 10.7. The molecule has 0 amide bonds. The van der Waals surface area contributed by atoms with E-state index in [-0.39, 0.29) is 18.0 Å². The van der Waals surface area contributed by atoms with Gasteiger partial charge in [-0.2, -0.15) is 11.3 Å². The lowest BCUT2D eigenvalue weighted by Crippen LogP contribution is -2.11. The molecule has 0 unspecified atom stereocenters. The molecule has 100 valence electrons. The van der Waals surface area contributed by atoms with Crippen LogP contribution in [0.25, 0.3) is 11.4 Å². The predicted molar refractivity (Wildman–Crippen MR) is 66.3 cm³/mol. The molecule has 19 heavy (non-hydrogen) atoms. The molecular weight excluding hydrogens is 274 g/mol. The van der Waals surface area contributed by atoms with Crippen LogP contribution in [0.4, 0.5) is 8.78 Å².